The molecule has 1 atom stereocenters. The van der Waals surface area contributed by atoms with Crippen molar-refractivity contribution in [2.75, 3.05) is 13.2 Å². The number of hydrogen-bond acceptors (Lipinski definition) is 4. The summed E-state index contributed by atoms with van der Waals surface area (Å²) in [5.41, 5.74) is 7.94. The molecule has 8 heteroatoms. The number of alkyl carbamates (subject to hydrolysis) is 1. The molecule has 214 valence electrons. The Balaban J connectivity index is 1.38. The fourth-order valence-corrected chi connectivity index (χ4v) is 7.80. The molecule has 0 unspecified atom stereocenters. The molecule has 0 fully saturated rings. The van der Waals surface area contributed by atoms with Crippen molar-refractivity contribution < 1.29 is 24.2 Å². The molecule has 7 nitrogen and oxygen atoms in total. The van der Waals surface area contributed by atoms with Gasteiger partial charge in [-0.3, -0.25) is 4.79 Å². The van der Waals surface area contributed by atoms with Crippen LogP contribution in [0.15, 0.2) is 48.5 Å². The maximum atomic E-state index is 12.5. The maximum Gasteiger partial charge on any atom is 0.407 e. The second kappa shape index (κ2) is 15.3. The van der Waals surface area contributed by atoms with Crippen molar-refractivity contribution in [3.8, 4) is 22.6 Å². The van der Waals surface area contributed by atoms with Crippen LogP contribution in [-0.2, 0) is 14.3 Å². The molecule has 0 aliphatic heterocycles. The van der Waals surface area contributed by atoms with Gasteiger partial charge in [-0.2, -0.15) is 0 Å². The van der Waals surface area contributed by atoms with E-state index in [1.54, 1.807) is 0 Å². The van der Waals surface area contributed by atoms with Crippen LogP contribution in [0.4, 0.5) is 4.79 Å². The molecule has 40 heavy (non-hydrogen) atoms. The molecule has 0 saturated heterocycles. The van der Waals surface area contributed by atoms with E-state index in [4.69, 9.17) is 4.74 Å². The lowest BCUT2D eigenvalue weighted by Crippen LogP contribution is -2.41. The van der Waals surface area contributed by atoms with Gasteiger partial charge in [-0.05, 0) is 59.6 Å². The van der Waals surface area contributed by atoms with Crippen molar-refractivity contribution >= 4 is 26.0 Å². The second-order valence-electron chi connectivity index (χ2n) is 10.3. The Morgan fingerprint density at radius 2 is 1.55 bits per heavy atom. The third kappa shape index (κ3) is 8.22. The third-order valence-corrected chi connectivity index (χ3v) is 12.8. The zero-order valence-electron chi connectivity index (χ0n) is 23.9. The highest BCUT2D eigenvalue weighted by molar-refractivity contribution is 6.87. The molecule has 1 aliphatic carbocycles. The Labute approximate surface area is 239 Å². The van der Waals surface area contributed by atoms with Crippen LogP contribution in [0.5, 0.6) is 0 Å². The molecule has 0 bridgehead atoms. The van der Waals surface area contributed by atoms with Gasteiger partial charge in [-0.25, -0.2) is 9.59 Å². The number of carboxylic acids is 1. The number of nitrogens with one attached hydrogen (secondary N) is 2. The fraction of sp³-hybridized carbons (Fsp3) is 0.469. The summed E-state index contributed by atoms with van der Waals surface area (Å²) in [5.74, 6) is 1.98. The molecule has 1 aliphatic rings. The summed E-state index contributed by atoms with van der Waals surface area (Å²) in [6.45, 7) is 7.22. The molecule has 2 aromatic carbocycles. The number of fused-ring (bicyclic) bond motifs is 3. The van der Waals surface area contributed by atoms with Crippen LogP contribution >= 0.6 is 0 Å². The number of amides is 2. The number of carbonyl (C=O) groups is 3. The standard InChI is InChI=1S/C32H42N2O5Si/c1-4-40(5-2,6-3)22-14-12-20-30(35)33-21-13-11-19-29(31(36)37)34-32(38)39-23-28-26-17-9-7-15-24(26)25-16-8-10-18-27(25)28/h7-10,15-18,28-29H,4-6,11-13,19-21,23H2,1-3H3,(H,33,35)(H,34,38)(H,36,37)/t29-/m0/s1. The van der Waals surface area contributed by atoms with E-state index >= 15 is 0 Å². The highest BCUT2D eigenvalue weighted by atomic mass is 28.3. The molecule has 0 saturated carbocycles. The lowest BCUT2D eigenvalue weighted by atomic mass is 9.98. The zero-order valence-corrected chi connectivity index (χ0v) is 24.9. The molecule has 0 radical (unpaired) electrons. The summed E-state index contributed by atoms with van der Waals surface area (Å²) >= 11 is 0. The molecule has 3 N–H and O–H groups in total. The first-order valence-electron chi connectivity index (χ1n) is 14.4. The molecule has 2 aromatic rings. The SMILES string of the molecule is CC[Si](C#CCCC(=O)NCCCC[C@H](NC(=O)OCC1c2ccccc2-c2ccccc21)C(=O)O)(CC)CC. The Morgan fingerprint density at radius 3 is 2.12 bits per heavy atom. The molecule has 2 amide bonds. The number of carboxylic acid groups (broad SMARTS) is 1. The van der Waals surface area contributed by atoms with Gasteiger partial charge in [0.2, 0.25) is 5.91 Å². The van der Waals surface area contributed by atoms with Crippen LogP contribution in [0.3, 0.4) is 0 Å². The van der Waals surface area contributed by atoms with E-state index in [9.17, 15) is 19.5 Å². The molecule has 3 rings (SSSR count). The van der Waals surface area contributed by atoms with Gasteiger partial charge >= 0.3 is 12.1 Å². The van der Waals surface area contributed by atoms with E-state index < -0.39 is 26.2 Å². The largest absolute Gasteiger partial charge is 0.480 e. The van der Waals surface area contributed by atoms with Crippen LogP contribution in [-0.4, -0.2) is 50.3 Å². The number of ether oxygens (including phenoxy) is 1. The summed E-state index contributed by atoms with van der Waals surface area (Å²) < 4.78 is 5.49. The first kappa shape index (κ1) is 31.0. The Morgan fingerprint density at radius 1 is 0.950 bits per heavy atom. The number of carbonyl (C=O) groups excluding carboxylic acids is 2. The first-order valence-corrected chi connectivity index (χ1v) is 17.1. The Kier molecular flexibility index (Phi) is 11.8. The van der Waals surface area contributed by atoms with Crippen molar-refractivity contribution in [3.05, 3.63) is 59.7 Å². The lowest BCUT2D eigenvalue weighted by Gasteiger charge is -2.20. The van der Waals surface area contributed by atoms with Crippen LogP contribution in [0.25, 0.3) is 11.1 Å². The van der Waals surface area contributed by atoms with Crippen LogP contribution < -0.4 is 10.6 Å². The third-order valence-electron chi connectivity index (χ3n) is 8.04. The van der Waals surface area contributed by atoms with Gasteiger partial charge in [0.05, 0.1) is 0 Å². The predicted octanol–water partition coefficient (Wildman–Crippen LogP) is 6.10. The zero-order chi connectivity index (χ0) is 29.0. The van der Waals surface area contributed by atoms with Crippen LogP contribution in [0, 0.1) is 11.5 Å². The Hall–Kier alpha value is -3.57. The summed E-state index contributed by atoms with van der Waals surface area (Å²) in [7, 11) is -1.48. The topological polar surface area (TPSA) is 105 Å². The van der Waals surface area contributed by atoms with E-state index in [1.165, 1.54) is 0 Å². The van der Waals surface area contributed by atoms with E-state index in [1.807, 2.05) is 36.4 Å². The Bertz CT molecular complexity index is 1180. The van der Waals surface area contributed by atoms with Crippen molar-refractivity contribution in [3.63, 3.8) is 0 Å². The van der Waals surface area contributed by atoms with Crippen molar-refractivity contribution in [2.45, 2.75) is 83.0 Å². The second-order valence-corrected chi connectivity index (χ2v) is 15.3. The number of unbranched alkanes of at least 4 members (excludes halogenated alkanes) is 1. The minimum Gasteiger partial charge on any atom is -0.480 e. The fourth-order valence-electron chi connectivity index (χ4n) is 5.27. The van der Waals surface area contributed by atoms with Gasteiger partial charge in [0, 0.05) is 25.3 Å². The van der Waals surface area contributed by atoms with E-state index in [2.05, 4.69) is 55.0 Å². The van der Waals surface area contributed by atoms with E-state index in [0.29, 0.717) is 32.2 Å². The maximum absolute atomic E-state index is 12.5. The van der Waals surface area contributed by atoms with Gasteiger partial charge in [0.25, 0.3) is 0 Å². The molecule has 0 aromatic heterocycles. The summed E-state index contributed by atoms with van der Waals surface area (Å²) in [4.78, 5) is 36.4. The minimum atomic E-state index is -1.48. The van der Waals surface area contributed by atoms with Crippen molar-refractivity contribution in [1.29, 1.82) is 0 Å². The van der Waals surface area contributed by atoms with Gasteiger partial charge in [0.1, 0.15) is 20.7 Å². The van der Waals surface area contributed by atoms with Crippen molar-refractivity contribution in [1.82, 2.24) is 10.6 Å². The van der Waals surface area contributed by atoms with Crippen LogP contribution in [0.2, 0.25) is 18.1 Å². The van der Waals surface area contributed by atoms with Gasteiger partial charge in [-0.15, -0.1) is 11.5 Å². The normalized spacial score (nSPS) is 12.9. The quantitative estimate of drug-likeness (QED) is 0.147. The molecule has 0 spiro atoms. The van der Waals surface area contributed by atoms with E-state index in [-0.39, 0.29) is 24.9 Å². The number of rotatable bonds is 14. The lowest BCUT2D eigenvalue weighted by molar-refractivity contribution is -0.139. The van der Waals surface area contributed by atoms with Gasteiger partial charge in [-0.1, -0.05) is 69.3 Å². The highest BCUT2D eigenvalue weighted by Crippen LogP contribution is 2.44. The number of benzene rings is 2. The molecular weight excluding hydrogens is 520 g/mol. The van der Waals surface area contributed by atoms with Crippen LogP contribution in [0.1, 0.15) is 69.9 Å². The molecule has 0 heterocycles. The van der Waals surface area contributed by atoms with Crippen molar-refractivity contribution in [2.24, 2.45) is 0 Å². The first-order chi connectivity index (χ1) is 19.3. The average molecular weight is 563 g/mol. The van der Waals surface area contributed by atoms with E-state index in [0.717, 1.165) is 40.4 Å². The van der Waals surface area contributed by atoms with Gasteiger partial charge in [0.15, 0.2) is 0 Å². The summed E-state index contributed by atoms with van der Waals surface area (Å²) in [5, 5.41) is 15.0. The number of hydrogen-bond donors (Lipinski definition) is 3. The molecular formula is C32H42N2O5Si. The van der Waals surface area contributed by atoms with Gasteiger partial charge < -0.3 is 20.5 Å². The smallest absolute Gasteiger partial charge is 0.407 e. The highest BCUT2D eigenvalue weighted by Gasteiger charge is 2.29. The predicted molar refractivity (Wildman–Crippen MR) is 161 cm³/mol. The summed E-state index contributed by atoms with van der Waals surface area (Å²) in [6.07, 6.45) is 1.59. The number of aliphatic carboxylic acids is 1. The minimum absolute atomic E-state index is 0.0439. The summed E-state index contributed by atoms with van der Waals surface area (Å²) in [6, 6.07) is 18.5. The monoisotopic (exact) mass is 562 g/mol. The average Bonchev–Trinajstić information content (AvgIpc) is 3.29.